The minimum absolute atomic E-state index is 0.105. The minimum Gasteiger partial charge on any atom is -0.473 e. The second-order valence-electron chi connectivity index (χ2n) is 6.87. The summed E-state index contributed by atoms with van der Waals surface area (Å²) in [5.41, 5.74) is 1.10. The normalized spacial score (nSPS) is 11.3. The van der Waals surface area contributed by atoms with Crippen LogP contribution in [0.25, 0.3) is 11.1 Å². The summed E-state index contributed by atoms with van der Waals surface area (Å²) in [6.07, 6.45) is 8.13. The Balaban J connectivity index is 1.77. The van der Waals surface area contributed by atoms with Gasteiger partial charge in [-0.15, -0.1) is 11.8 Å². The molecule has 1 aromatic carbocycles. The molecule has 182 valence electrons. The maximum absolute atomic E-state index is 12.5. The van der Waals surface area contributed by atoms with E-state index in [4.69, 9.17) is 9.47 Å². The Morgan fingerprint density at radius 1 is 1.03 bits per heavy atom. The number of hydrogen-bond donors (Lipinski definition) is 2. The van der Waals surface area contributed by atoms with Crippen LogP contribution >= 0.6 is 27.7 Å². The van der Waals surface area contributed by atoms with Crippen LogP contribution in [0.2, 0.25) is 0 Å². The first-order valence-electron chi connectivity index (χ1n) is 10.4. The molecule has 0 unspecified atom stereocenters. The average molecular weight is 570 g/mol. The fourth-order valence-electron chi connectivity index (χ4n) is 2.74. The molecule has 0 aliphatic heterocycles. The Kier molecular flexibility index (Phi) is 9.86. The van der Waals surface area contributed by atoms with E-state index in [2.05, 4.69) is 45.3 Å². The van der Waals surface area contributed by atoms with E-state index in [9.17, 15) is 8.42 Å². The summed E-state index contributed by atoms with van der Waals surface area (Å²) in [7, 11) is -3.83. The molecule has 2 heterocycles. The molecule has 34 heavy (non-hydrogen) atoms. The molecule has 2 aromatic heterocycles. The number of unbranched alkanes of at least 4 members (excludes halogenated alkanes) is 1. The molecule has 10 nitrogen and oxygen atoms in total. The molecule has 0 aliphatic carbocycles. The summed E-state index contributed by atoms with van der Waals surface area (Å²) in [6, 6.07) is 7.54. The minimum atomic E-state index is -3.83. The summed E-state index contributed by atoms with van der Waals surface area (Å²) in [4.78, 5) is 17.6. The van der Waals surface area contributed by atoms with Crippen LogP contribution in [0.15, 0.2) is 52.4 Å². The van der Waals surface area contributed by atoms with Gasteiger partial charge in [-0.25, -0.2) is 19.9 Å². The topological polar surface area (TPSA) is 128 Å². The number of halogens is 1. The van der Waals surface area contributed by atoms with Crippen molar-refractivity contribution in [2.45, 2.75) is 24.7 Å². The summed E-state index contributed by atoms with van der Waals surface area (Å²) in [5, 5.41) is 0. The van der Waals surface area contributed by atoms with Gasteiger partial charge >= 0.3 is 6.01 Å². The van der Waals surface area contributed by atoms with Gasteiger partial charge in [0.2, 0.25) is 5.88 Å². The zero-order valence-corrected chi connectivity index (χ0v) is 21.9. The van der Waals surface area contributed by atoms with Crippen LogP contribution in [0.1, 0.15) is 19.8 Å². The molecule has 0 spiro atoms. The van der Waals surface area contributed by atoms with E-state index in [1.54, 1.807) is 12.4 Å². The molecule has 0 atom stereocenters. The number of hydrogen-bond acceptors (Lipinski definition) is 9. The van der Waals surface area contributed by atoms with Crippen LogP contribution in [-0.4, -0.2) is 54.4 Å². The number of ether oxygens (including phenoxy) is 2. The summed E-state index contributed by atoms with van der Waals surface area (Å²) < 4.78 is 42.3. The first-order valence-corrected chi connectivity index (χ1v) is 13.9. The van der Waals surface area contributed by atoms with E-state index in [0.29, 0.717) is 17.7 Å². The van der Waals surface area contributed by atoms with Gasteiger partial charge in [-0.3, -0.25) is 4.72 Å². The zero-order chi connectivity index (χ0) is 24.4. The van der Waals surface area contributed by atoms with Gasteiger partial charge in [-0.1, -0.05) is 41.4 Å². The number of rotatable bonds is 13. The molecular formula is C21H25BrN6O4S2. The first kappa shape index (κ1) is 26.1. The molecule has 0 bridgehead atoms. The third kappa shape index (κ3) is 7.79. The van der Waals surface area contributed by atoms with Crippen LogP contribution in [0, 0.1) is 0 Å². The quantitative estimate of drug-likeness (QED) is 0.233. The Morgan fingerprint density at radius 2 is 1.74 bits per heavy atom. The number of thioether (sulfide) groups is 1. The third-order valence-electron chi connectivity index (χ3n) is 4.39. The molecule has 0 fully saturated rings. The highest BCUT2D eigenvalue weighted by molar-refractivity contribution is 9.10. The number of anilines is 1. The lowest BCUT2D eigenvalue weighted by molar-refractivity contribution is 0.201. The maximum Gasteiger partial charge on any atom is 0.316 e. The summed E-state index contributed by atoms with van der Waals surface area (Å²) in [6.45, 7) is 2.61. The monoisotopic (exact) mass is 568 g/mol. The molecule has 0 radical (unpaired) electrons. The lowest BCUT2D eigenvalue weighted by atomic mass is 10.1. The van der Waals surface area contributed by atoms with Crippen molar-refractivity contribution in [3.05, 3.63) is 47.5 Å². The Labute approximate surface area is 211 Å². The number of aromatic nitrogens is 4. The summed E-state index contributed by atoms with van der Waals surface area (Å²) >= 11 is 4.95. The third-order valence-corrected chi connectivity index (χ3v) is 6.65. The van der Waals surface area contributed by atoms with E-state index in [-0.39, 0.29) is 30.9 Å². The lowest BCUT2D eigenvalue weighted by Gasteiger charge is -2.16. The Hall–Kier alpha value is -2.48. The molecule has 0 saturated carbocycles. The van der Waals surface area contributed by atoms with Crippen LogP contribution in [0.4, 0.5) is 5.82 Å². The van der Waals surface area contributed by atoms with E-state index >= 15 is 0 Å². The first-order chi connectivity index (χ1) is 16.4. The molecular weight excluding hydrogens is 544 g/mol. The van der Waals surface area contributed by atoms with Crippen molar-refractivity contribution < 1.29 is 17.9 Å². The van der Waals surface area contributed by atoms with Gasteiger partial charge in [-0.2, -0.15) is 13.1 Å². The molecule has 3 aromatic rings. The Bertz CT molecular complexity index is 1160. The van der Waals surface area contributed by atoms with Crippen LogP contribution in [0.5, 0.6) is 11.9 Å². The highest BCUT2D eigenvalue weighted by atomic mass is 79.9. The maximum atomic E-state index is 12.5. The molecule has 2 N–H and O–H groups in total. The van der Waals surface area contributed by atoms with Crippen molar-refractivity contribution in [1.29, 1.82) is 0 Å². The highest BCUT2D eigenvalue weighted by Crippen LogP contribution is 2.34. The smallest absolute Gasteiger partial charge is 0.316 e. The van der Waals surface area contributed by atoms with Crippen LogP contribution < -0.4 is 18.9 Å². The number of nitrogens with zero attached hydrogens (tertiary/aromatic N) is 4. The fraction of sp³-hybridized carbons (Fsp3) is 0.333. The van der Waals surface area contributed by atoms with Crippen LogP contribution in [0.3, 0.4) is 0 Å². The van der Waals surface area contributed by atoms with Gasteiger partial charge in [0.15, 0.2) is 5.82 Å². The number of nitrogens with one attached hydrogen (secondary N) is 2. The zero-order valence-electron chi connectivity index (χ0n) is 18.7. The van der Waals surface area contributed by atoms with Crippen molar-refractivity contribution in [2.24, 2.45) is 0 Å². The van der Waals surface area contributed by atoms with Crippen molar-refractivity contribution >= 4 is 43.7 Å². The van der Waals surface area contributed by atoms with Gasteiger partial charge in [0.1, 0.15) is 19.5 Å². The second-order valence-corrected chi connectivity index (χ2v) is 10.2. The van der Waals surface area contributed by atoms with Gasteiger partial charge < -0.3 is 9.47 Å². The lowest BCUT2D eigenvalue weighted by Crippen LogP contribution is -2.31. The SMILES string of the molecule is CCCCNS(=O)(=O)Nc1ncnc(OCCOc2ncc(SC)cn2)c1-c1ccc(Br)cc1. The second kappa shape index (κ2) is 12.8. The van der Waals surface area contributed by atoms with Gasteiger partial charge in [0, 0.05) is 28.3 Å². The largest absolute Gasteiger partial charge is 0.473 e. The Morgan fingerprint density at radius 3 is 2.41 bits per heavy atom. The summed E-state index contributed by atoms with van der Waals surface area (Å²) in [5.74, 6) is 0.319. The van der Waals surface area contributed by atoms with E-state index < -0.39 is 10.2 Å². The van der Waals surface area contributed by atoms with Crippen molar-refractivity contribution in [1.82, 2.24) is 24.7 Å². The van der Waals surface area contributed by atoms with E-state index in [0.717, 1.165) is 22.2 Å². The van der Waals surface area contributed by atoms with Crippen molar-refractivity contribution in [3.8, 4) is 23.0 Å². The molecule has 0 aliphatic rings. The fourth-order valence-corrected chi connectivity index (χ4v) is 4.21. The van der Waals surface area contributed by atoms with E-state index in [1.165, 1.54) is 18.1 Å². The van der Waals surface area contributed by atoms with Crippen LogP contribution in [-0.2, 0) is 10.2 Å². The highest BCUT2D eigenvalue weighted by Gasteiger charge is 2.20. The average Bonchev–Trinajstić information content (AvgIpc) is 2.83. The van der Waals surface area contributed by atoms with Gasteiger partial charge in [0.25, 0.3) is 10.2 Å². The van der Waals surface area contributed by atoms with Gasteiger partial charge in [-0.05, 0) is 30.4 Å². The molecule has 3 rings (SSSR count). The standard InChI is InChI=1S/C21H25BrN6O4S2/c1-3-4-9-27-34(29,30)28-19-18(15-5-7-16(22)8-6-15)20(26-14-25-19)31-10-11-32-21-23-12-17(33-2)13-24-21/h5-8,12-14,27H,3-4,9-11H2,1-2H3,(H,25,26,28). The molecule has 13 heteroatoms. The van der Waals surface area contributed by atoms with Crippen molar-refractivity contribution in [3.63, 3.8) is 0 Å². The van der Waals surface area contributed by atoms with Crippen molar-refractivity contribution in [2.75, 3.05) is 30.7 Å². The predicted molar refractivity (Wildman–Crippen MR) is 135 cm³/mol. The molecule has 0 amide bonds. The van der Waals surface area contributed by atoms with E-state index in [1.807, 2.05) is 37.4 Å². The number of benzene rings is 1. The molecule has 0 saturated heterocycles. The predicted octanol–water partition coefficient (Wildman–Crippen LogP) is 3.92. The van der Waals surface area contributed by atoms with Gasteiger partial charge in [0.05, 0.1) is 5.56 Å².